The van der Waals surface area contributed by atoms with Crippen LogP contribution in [0.15, 0.2) is 41.2 Å². The summed E-state index contributed by atoms with van der Waals surface area (Å²) in [6, 6.07) is 9.24. The standard InChI is InChI=1S/C12H10ClN3O2/c13-11-7(14)3-1-4-8(11)16-12(18)9-5-2-6-10(17)15-9/h1-6H,14H2,(H,15,17)(H,16,18). The quantitative estimate of drug-likeness (QED) is 0.723. The Morgan fingerprint density at radius 1 is 1.22 bits per heavy atom. The van der Waals surface area contributed by atoms with Crippen LogP contribution in [0.3, 0.4) is 0 Å². The van der Waals surface area contributed by atoms with Crippen LogP contribution < -0.4 is 16.6 Å². The molecule has 0 spiro atoms. The van der Waals surface area contributed by atoms with Gasteiger partial charge in [-0.25, -0.2) is 0 Å². The van der Waals surface area contributed by atoms with Crippen molar-refractivity contribution in [2.75, 3.05) is 11.1 Å². The fourth-order valence-electron chi connectivity index (χ4n) is 1.42. The molecule has 4 N–H and O–H groups in total. The average molecular weight is 264 g/mol. The number of halogens is 1. The Bertz CT molecular complexity index is 652. The van der Waals surface area contributed by atoms with Crippen molar-refractivity contribution in [1.29, 1.82) is 0 Å². The number of aromatic nitrogens is 1. The van der Waals surface area contributed by atoms with Gasteiger partial charge in [-0.1, -0.05) is 23.7 Å². The Morgan fingerprint density at radius 3 is 2.67 bits per heavy atom. The summed E-state index contributed by atoms with van der Waals surface area (Å²) in [4.78, 5) is 25.4. The van der Waals surface area contributed by atoms with Crippen LogP contribution in [0.1, 0.15) is 10.5 Å². The molecule has 5 nitrogen and oxygen atoms in total. The number of amides is 1. The second-order valence-electron chi connectivity index (χ2n) is 3.59. The number of nitrogen functional groups attached to an aromatic ring is 1. The lowest BCUT2D eigenvalue weighted by atomic mass is 10.2. The summed E-state index contributed by atoms with van der Waals surface area (Å²) in [5.41, 5.74) is 6.19. The van der Waals surface area contributed by atoms with Gasteiger partial charge in [-0.05, 0) is 18.2 Å². The van der Waals surface area contributed by atoms with E-state index in [2.05, 4.69) is 10.3 Å². The number of benzene rings is 1. The highest BCUT2D eigenvalue weighted by molar-refractivity contribution is 6.36. The maximum Gasteiger partial charge on any atom is 0.272 e. The lowest BCUT2D eigenvalue weighted by Crippen LogP contribution is -2.18. The summed E-state index contributed by atoms with van der Waals surface area (Å²) >= 11 is 5.94. The van der Waals surface area contributed by atoms with Crippen molar-refractivity contribution in [1.82, 2.24) is 4.98 Å². The van der Waals surface area contributed by atoms with Gasteiger partial charge in [0.15, 0.2) is 0 Å². The first kappa shape index (κ1) is 12.2. The molecule has 0 unspecified atom stereocenters. The second-order valence-corrected chi connectivity index (χ2v) is 3.97. The van der Waals surface area contributed by atoms with Crippen LogP contribution in [-0.2, 0) is 0 Å². The van der Waals surface area contributed by atoms with Crippen LogP contribution in [0.25, 0.3) is 0 Å². The Morgan fingerprint density at radius 2 is 1.94 bits per heavy atom. The molecule has 1 amide bonds. The van der Waals surface area contributed by atoms with Crippen LogP contribution in [0.5, 0.6) is 0 Å². The van der Waals surface area contributed by atoms with Crippen molar-refractivity contribution < 1.29 is 4.79 Å². The number of aromatic amines is 1. The molecular formula is C12H10ClN3O2. The van der Waals surface area contributed by atoms with Crippen molar-refractivity contribution in [2.45, 2.75) is 0 Å². The van der Waals surface area contributed by atoms with E-state index in [4.69, 9.17) is 17.3 Å². The molecule has 0 aliphatic heterocycles. The van der Waals surface area contributed by atoms with E-state index in [1.807, 2.05) is 0 Å². The summed E-state index contributed by atoms with van der Waals surface area (Å²) in [7, 11) is 0. The molecule has 0 aliphatic rings. The van der Waals surface area contributed by atoms with Gasteiger partial charge >= 0.3 is 0 Å². The molecule has 0 radical (unpaired) electrons. The first-order chi connectivity index (χ1) is 8.58. The highest BCUT2D eigenvalue weighted by Gasteiger charge is 2.10. The van der Waals surface area contributed by atoms with Crippen LogP contribution in [0.4, 0.5) is 11.4 Å². The third kappa shape index (κ3) is 2.52. The van der Waals surface area contributed by atoms with Crippen LogP contribution in [0.2, 0.25) is 5.02 Å². The molecule has 2 rings (SSSR count). The molecule has 2 aromatic rings. The fraction of sp³-hybridized carbons (Fsp3) is 0. The number of rotatable bonds is 2. The van der Waals surface area contributed by atoms with E-state index < -0.39 is 5.91 Å². The number of carbonyl (C=O) groups is 1. The van der Waals surface area contributed by atoms with Crippen LogP contribution in [-0.4, -0.2) is 10.9 Å². The van der Waals surface area contributed by atoms with Crippen molar-refractivity contribution in [3.05, 3.63) is 57.5 Å². The Balaban J connectivity index is 2.27. The zero-order chi connectivity index (χ0) is 13.1. The van der Waals surface area contributed by atoms with E-state index in [9.17, 15) is 9.59 Å². The third-order valence-electron chi connectivity index (χ3n) is 2.29. The van der Waals surface area contributed by atoms with Gasteiger partial charge in [0.2, 0.25) is 5.56 Å². The molecule has 18 heavy (non-hydrogen) atoms. The fourth-order valence-corrected chi connectivity index (χ4v) is 1.59. The molecule has 1 heterocycles. The zero-order valence-corrected chi connectivity index (χ0v) is 9.99. The summed E-state index contributed by atoms with van der Waals surface area (Å²) < 4.78 is 0. The normalized spacial score (nSPS) is 10.1. The number of nitrogens with two attached hydrogens (primary N) is 1. The van der Waals surface area contributed by atoms with E-state index in [0.29, 0.717) is 11.4 Å². The zero-order valence-electron chi connectivity index (χ0n) is 9.24. The van der Waals surface area contributed by atoms with Crippen LogP contribution >= 0.6 is 11.6 Å². The summed E-state index contributed by atoms with van der Waals surface area (Å²) in [6.07, 6.45) is 0. The molecule has 0 fully saturated rings. The molecule has 0 bridgehead atoms. The number of hydrogen-bond acceptors (Lipinski definition) is 3. The number of nitrogens with one attached hydrogen (secondary N) is 2. The lowest BCUT2D eigenvalue weighted by Gasteiger charge is -2.08. The van der Waals surface area contributed by atoms with Gasteiger partial charge in [-0.2, -0.15) is 0 Å². The van der Waals surface area contributed by atoms with Gasteiger partial charge in [-0.15, -0.1) is 0 Å². The molecule has 1 aromatic heterocycles. The average Bonchev–Trinajstić information content (AvgIpc) is 2.35. The minimum absolute atomic E-state index is 0.154. The smallest absolute Gasteiger partial charge is 0.272 e. The van der Waals surface area contributed by atoms with Gasteiger partial charge < -0.3 is 16.0 Å². The van der Waals surface area contributed by atoms with Crippen molar-refractivity contribution in [3.63, 3.8) is 0 Å². The molecule has 0 saturated carbocycles. The van der Waals surface area contributed by atoms with E-state index in [1.54, 1.807) is 18.2 Å². The maximum atomic E-state index is 11.8. The van der Waals surface area contributed by atoms with E-state index in [-0.39, 0.29) is 16.3 Å². The van der Waals surface area contributed by atoms with E-state index in [1.165, 1.54) is 18.2 Å². The monoisotopic (exact) mass is 263 g/mol. The third-order valence-corrected chi connectivity index (χ3v) is 2.71. The molecule has 0 saturated heterocycles. The highest BCUT2D eigenvalue weighted by Crippen LogP contribution is 2.27. The summed E-state index contributed by atoms with van der Waals surface area (Å²) in [5, 5.41) is 2.84. The van der Waals surface area contributed by atoms with Gasteiger partial charge in [-0.3, -0.25) is 9.59 Å². The number of hydrogen-bond donors (Lipinski definition) is 3. The van der Waals surface area contributed by atoms with Gasteiger partial charge in [0.25, 0.3) is 5.91 Å². The summed E-state index contributed by atoms with van der Waals surface area (Å²) in [5.74, 6) is -0.458. The molecule has 92 valence electrons. The lowest BCUT2D eigenvalue weighted by molar-refractivity contribution is 0.102. The van der Waals surface area contributed by atoms with Crippen molar-refractivity contribution in [3.8, 4) is 0 Å². The molecule has 6 heteroatoms. The van der Waals surface area contributed by atoms with Gasteiger partial charge in [0.05, 0.1) is 16.4 Å². The Labute approximate surface area is 108 Å². The highest BCUT2D eigenvalue weighted by atomic mass is 35.5. The Kier molecular flexibility index (Phi) is 3.34. The SMILES string of the molecule is Nc1cccc(NC(=O)c2cccc(=O)[nH]2)c1Cl. The molecule has 1 aromatic carbocycles. The predicted octanol–water partition coefficient (Wildman–Crippen LogP) is 1.86. The number of H-pyrrole nitrogens is 1. The van der Waals surface area contributed by atoms with E-state index >= 15 is 0 Å². The minimum Gasteiger partial charge on any atom is -0.397 e. The molecular weight excluding hydrogens is 254 g/mol. The molecule has 0 atom stereocenters. The number of pyridine rings is 1. The van der Waals surface area contributed by atoms with Crippen molar-refractivity contribution in [2.24, 2.45) is 0 Å². The number of carbonyl (C=O) groups excluding carboxylic acids is 1. The predicted molar refractivity (Wildman–Crippen MR) is 70.9 cm³/mol. The van der Waals surface area contributed by atoms with Gasteiger partial charge in [0, 0.05) is 6.07 Å². The van der Waals surface area contributed by atoms with Crippen LogP contribution in [0, 0.1) is 0 Å². The summed E-state index contributed by atoms with van der Waals surface area (Å²) in [6.45, 7) is 0. The Hall–Kier alpha value is -2.27. The topological polar surface area (TPSA) is 88.0 Å². The van der Waals surface area contributed by atoms with E-state index in [0.717, 1.165) is 0 Å². The second kappa shape index (κ2) is 4.93. The molecule has 0 aliphatic carbocycles. The van der Waals surface area contributed by atoms with Crippen molar-refractivity contribution >= 4 is 28.9 Å². The first-order valence-electron chi connectivity index (χ1n) is 5.12. The minimum atomic E-state index is -0.458. The maximum absolute atomic E-state index is 11.8. The van der Waals surface area contributed by atoms with Gasteiger partial charge in [0.1, 0.15) is 5.69 Å². The first-order valence-corrected chi connectivity index (χ1v) is 5.50. The number of anilines is 2. The largest absolute Gasteiger partial charge is 0.397 e.